The molecule has 5 heteroatoms. The molecule has 20 heavy (non-hydrogen) atoms. The van der Waals surface area contributed by atoms with E-state index in [0.717, 1.165) is 52.0 Å². The zero-order valence-electron chi connectivity index (χ0n) is 13.4. The van der Waals surface area contributed by atoms with Gasteiger partial charge in [-0.05, 0) is 59.0 Å². The van der Waals surface area contributed by atoms with Gasteiger partial charge in [0.2, 0.25) is 0 Å². The van der Waals surface area contributed by atoms with Gasteiger partial charge in [-0.3, -0.25) is 0 Å². The van der Waals surface area contributed by atoms with Gasteiger partial charge in [0, 0.05) is 26.8 Å². The maximum atomic E-state index is 11.9. The average Bonchev–Trinajstić information content (AvgIpc) is 2.37. The Hall–Kier alpha value is -0.810. The highest BCUT2D eigenvalue weighted by Gasteiger charge is 2.26. The molecule has 0 bridgehead atoms. The van der Waals surface area contributed by atoms with E-state index in [0.29, 0.717) is 5.92 Å². The van der Waals surface area contributed by atoms with Crippen LogP contribution in [0.15, 0.2) is 0 Å². The fourth-order valence-corrected chi connectivity index (χ4v) is 2.29. The fraction of sp³-hybridized carbons (Fsp3) is 0.933. The molecule has 0 saturated carbocycles. The molecule has 0 aromatic carbocycles. The summed E-state index contributed by atoms with van der Waals surface area (Å²) in [6, 6.07) is 0. The molecule has 1 saturated heterocycles. The summed E-state index contributed by atoms with van der Waals surface area (Å²) >= 11 is 0. The van der Waals surface area contributed by atoms with Crippen molar-refractivity contribution < 1.29 is 14.3 Å². The highest BCUT2D eigenvalue weighted by atomic mass is 16.6. The molecule has 0 radical (unpaired) electrons. The number of rotatable bonds is 6. The first-order valence-corrected chi connectivity index (χ1v) is 7.60. The minimum atomic E-state index is -0.406. The summed E-state index contributed by atoms with van der Waals surface area (Å²) in [6.07, 6.45) is 2.98. The topological polar surface area (TPSA) is 50.8 Å². The van der Waals surface area contributed by atoms with E-state index >= 15 is 0 Å². The third-order valence-corrected chi connectivity index (χ3v) is 3.40. The van der Waals surface area contributed by atoms with Crippen LogP contribution in [-0.4, -0.2) is 56.5 Å². The second-order valence-electron chi connectivity index (χ2n) is 6.46. The zero-order chi connectivity index (χ0) is 15.0. The first-order chi connectivity index (χ1) is 9.42. The molecule has 1 heterocycles. The molecule has 0 aliphatic carbocycles. The van der Waals surface area contributed by atoms with Crippen molar-refractivity contribution in [3.8, 4) is 0 Å². The van der Waals surface area contributed by atoms with Crippen LogP contribution < -0.4 is 5.32 Å². The van der Waals surface area contributed by atoms with Crippen molar-refractivity contribution in [2.45, 2.75) is 45.6 Å². The van der Waals surface area contributed by atoms with Crippen LogP contribution in [0.4, 0.5) is 4.79 Å². The van der Waals surface area contributed by atoms with Crippen LogP contribution in [0.5, 0.6) is 0 Å². The molecule has 1 rings (SSSR count). The van der Waals surface area contributed by atoms with Crippen LogP contribution in [0.3, 0.4) is 0 Å². The number of hydrogen-bond acceptors (Lipinski definition) is 4. The Labute approximate surface area is 123 Å². The summed E-state index contributed by atoms with van der Waals surface area (Å²) in [7, 11) is 1.73. The van der Waals surface area contributed by atoms with E-state index in [1.165, 1.54) is 0 Å². The second kappa shape index (κ2) is 8.47. The van der Waals surface area contributed by atoms with Crippen LogP contribution in [0.2, 0.25) is 0 Å². The largest absolute Gasteiger partial charge is 0.444 e. The van der Waals surface area contributed by atoms with Crippen molar-refractivity contribution >= 4 is 6.09 Å². The molecule has 0 aromatic rings. The second-order valence-corrected chi connectivity index (χ2v) is 6.46. The summed E-state index contributed by atoms with van der Waals surface area (Å²) in [5.74, 6) is 0.663. The number of carbonyl (C=O) groups is 1. The predicted molar refractivity (Wildman–Crippen MR) is 79.9 cm³/mol. The van der Waals surface area contributed by atoms with Crippen molar-refractivity contribution in [2.75, 3.05) is 39.9 Å². The Morgan fingerprint density at radius 1 is 1.30 bits per heavy atom. The summed E-state index contributed by atoms with van der Waals surface area (Å²) < 4.78 is 10.4. The van der Waals surface area contributed by atoms with Crippen molar-refractivity contribution in [1.29, 1.82) is 0 Å². The molecule has 1 aliphatic rings. The first-order valence-electron chi connectivity index (χ1n) is 7.60. The average molecular weight is 286 g/mol. The number of amides is 1. The van der Waals surface area contributed by atoms with Gasteiger partial charge in [-0.2, -0.15) is 0 Å². The molecule has 0 aromatic heterocycles. The summed E-state index contributed by atoms with van der Waals surface area (Å²) in [5, 5.41) is 3.46. The number of likely N-dealkylation sites (tertiary alicyclic amines) is 1. The van der Waals surface area contributed by atoms with Gasteiger partial charge in [0.15, 0.2) is 0 Å². The Kier molecular flexibility index (Phi) is 7.30. The number of ether oxygens (including phenoxy) is 2. The van der Waals surface area contributed by atoms with Crippen LogP contribution in [-0.2, 0) is 9.47 Å². The lowest BCUT2D eigenvalue weighted by atomic mass is 9.97. The van der Waals surface area contributed by atoms with Crippen LogP contribution in [0, 0.1) is 5.92 Å². The van der Waals surface area contributed by atoms with Gasteiger partial charge in [-0.15, -0.1) is 0 Å². The number of piperidine rings is 1. The van der Waals surface area contributed by atoms with E-state index in [4.69, 9.17) is 9.47 Å². The highest BCUT2D eigenvalue weighted by molar-refractivity contribution is 5.68. The molecule has 0 atom stereocenters. The third kappa shape index (κ3) is 7.10. The summed E-state index contributed by atoms with van der Waals surface area (Å²) in [4.78, 5) is 13.8. The molecular formula is C15H30N2O3. The molecular weight excluding hydrogens is 256 g/mol. The minimum Gasteiger partial charge on any atom is -0.444 e. The van der Waals surface area contributed by atoms with Crippen LogP contribution in [0.25, 0.3) is 0 Å². The lowest BCUT2D eigenvalue weighted by Crippen LogP contribution is -2.43. The Morgan fingerprint density at radius 2 is 1.95 bits per heavy atom. The number of methoxy groups -OCH3 is 1. The summed E-state index contributed by atoms with van der Waals surface area (Å²) in [6.45, 7) is 10.2. The maximum Gasteiger partial charge on any atom is 0.410 e. The van der Waals surface area contributed by atoms with E-state index in [1.807, 2.05) is 25.7 Å². The smallest absolute Gasteiger partial charge is 0.410 e. The quantitative estimate of drug-likeness (QED) is 0.761. The molecule has 1 amide bonds. The molecule has 0 spiro atoms. The number of carbonyl (C=O) groups excluding carboxylic acids is 1. The van der Waals surface area contributed by atoms with Gasteiger partial charge in [0.1, 0.15) is 5.60 Å². The molecule has 0 unspecified atom stereocenters. The highest BCUT2D eigenvalue weighted by Crippen LogP contribution is 2.19. The van der Waals surface area contributed by atoms with Crippen molar-refractivity contribution in [3.05, 3.63) is 0 Å². The molecule has 1 aliphatic heterocycles. The fourth-order valence-electron chi connectivity index (χ4n) is 2.29. The molecule has 118 valence electrons. The monoisotopic (exact) mass is 286 g/mol. The standard InChI is InChI=1S/C15H30N2O3/c1-15(2,3)20-14(18)17-9-6-13(7-10-17)12-16-8-5-11-19-4/h13,16H,5-12H2,1-4H3. The SMILES string of the molecule is COCCCNCC1CCN(C(=O)OC(C)(C)C)CC1. The minimum absolute atomic E-state index is 0.177. The van der Waals surface area contributed by atoms with E-state index < -0.39 is 5.60 Å². The van der Waals surface area contributed by atoms with Gasteiger partial charge in [-0.25, -0.2) is 4.79 Å². The Morgan fingerprint density at radius 3 is 2.50 bits per heavy atom. The Balaban J connectivity index is 2.15. The van der Waals surface area contributed by atoms with Gasteiger partial charge in [0.25, 0.3) is 0 Å². The third-order valence-electron chi connectivity index (χ3n) is 3.40. The van der Waals surface area contributed by atoms with E-state index in [1.54, 1.807) is 7.11 Å². The maximum absolute atomic E-state index is 11.9. The molecule has 1 N–H and O–H groups in total. The van der Waals surface area contributed by atoms with Crippen molar-refractivity contribution in [3.63, 3.8) is 0 Å². The lowest BCUT2D eigenvalue weighted by Gasteiger charge is -2.33. The van der Waals surface area contributed by atoms with Crippen LogP contribution >= 0.6 is 0 Å². The first kappa shape index (κ1) is 17.2. The lowest BCUT2D eigenvalue weighted by molar-refractivity contribution is 0.0184. The molecule has 5 nitrogen and oxygen atoms in total. The number of nitrogens with zero attached hydrogens (tertiary/aromatic N) is 1. The van der Waals surface area contributed by atoms with Crippen molar-refractivity contribution in [1.82, 2.24) is 10.2 Å². The zero-order valence-corrected chi connectivity index (χ0v) is 13.4. The number of nitrogens with one attached hydrogen (secondary N) is 1. The van der Waals surface area contributed by atoms with Gasteiger partial charge in [-0.1, -0.05) is 0 Å². The van der Waals surface area contributed by atoms with Gasteiger partial charge in [0.05, 0.1) is 0 Å². The summed E-state index contributed by atoms with van der Waals surface area (Å²) in [5.41, 5.74) is -0.406. The Bertz CT molecular complexity index is 281. The van der Waals surface area contributed by atoms with E-state index in [2.05, 4.69) is 5.32 Å². The van der Waals surface area contributed by atoms with Gasteiger partial charge >= 0.3 is 6.09 Å². The van der Waals surface area contributed by atoms with E-state index in [9.17, 15) is 4.79 Å². The predicted octanol–water partition coefficient (Wildman–Crippen LogP) is 2.26. The van der Waals surface area contributed by atoms with Crippen LogP contribution in [0.1, 0.15) is 40.0 Å². The van der Waals surface area contributed by atoms with Gasteiger partial charge < -0.3 is 19.7 Å². The van der Waals surface area contributed by atoms with Crippen molar-refractivity contribution in [2.24, 2.45) is 5.92 Å². The molecule has 1 fully saturated rings. The normalized spacial score (nSPS) is 17.3. The number of hydrogen-bond donors (Lipinski definition) is 1. The van der Waals surface area contributed by atoms with E-state index in [-0.39, 0.29) is 6.09 Å².